The van der Waals surface area contributed by atoms with Crippen LogP contribution in [0.5, 0.6) is 0 Å². The van der Waals surface area contributed by atoms with Gasteiger partial charge in [0, 0.05) is 56.8 Å². The van der Waals surface area contributed by atoms with Crippen molar-refractivity contribution in [2.24, 2.45) is 11.8 Å². The third-order valence-corrected chi connectivity index (χ3v) is 8.09. The normalized spacial score (nSPS) is 33.5. The number of carbonyl (C=O) groups is 2. The summed E-state index contributed by atoms with van der Waals surface area (Å²) < 4.78 is 0. The molecule has 2 aliphatic carbocycles. The molecule has 2 saturated carbocycles. The van der Waals surface area contributed by atoms with Gasteiger partial charge in [0.1, 0.15) is 0 Å². The van der Waals surface area contributed by atoms with Crippen molar-refractivity contribution in [3.8, 4) is 0 Å². The van der Waals surface area contributed by atoms with Crippen LogP contribution in [0.15, 0.2) is 0 Å². The Hall–Kier alpha value is -1.30. The number of nitrogens with one attached hydrogen (secondary N) is 1. The Kier molecular flexibility index (Phi) is 5.24. The molecule has 5 fully saturated rings. The van der Waals surface area contributed by atoms with Crippen LogP contribution in [0.25, 0.3) is 0 Å². The minimum absolute atomic E-state index is 0.188. The van der Waals surface area contributed by atoms with Gasteiger partial charge >= 0.3 is 6.03 Å². The Morgan fingerprint density at radius 3 is 2.21 bits per heavy atom. The highest BCUT2D eigenvalue weighted by atomic mass is 16.2. The average Bonchev–Trinajstić information content (AvgIpc) is 3.59. The summed E-state index contributed by atoms with van der Waals surface area (Å²) in [5.74, 6) is 1.43. The molecule has 0 aromatic carbocycles. The molecular formula is C22H36N4O2. The summed E-state index contributed by atoms with van der Waals surface area (Å²) >= 11 is 0. The van der Waals surface area contributed by atoms with Crippen molar-refractivity contribution in [2.45, 2.75) is 82.3 Å². The zero-order valence-corrected chi connectivity index (χ0v) is 17.2. The summed E-state index contributed by atoms with van der Waals surface area (Å²) in [7, 11) is 0. The second-order valence-electron chi connectivity index (χ2n) is 9.80. The largest absolute Gasteiger partial charge is 0.342 e. The molecule has 6 heteroatoms. The van der Waals surface area contributed by atoms with Crippen LogP contribution in [0.2, 0.25) is 0 Å². The van der Waals surface area contributed by atoms with Gasteiger partial charge in [0.15, 0.2) is 0 Å². The van der Waals surface area contributed by atoms with Gasteiger partial charge in [-0.1, -0.05) is 12.8 Å². The summed E-state index contributed by atoms with van der Waals surface area (Å²) in [5.41, 5.74) is 0. The highest BCUT2D eigenvalue weighted by Gasteiger charge is 2.42. The Bertz CT molecular complexity index is 591. The van der Waals surface area contributed by atoms with Gasteiger partial charge in [-0.2, -0.15) is 0 Å². The molecule has 3 amide bonds. The highest BCUT2D eigenvalue weighted by Crippen LogP contribution is 2.35. The molecule has 5 aliphatic rings. The number of hydrogen-bond acceptors (Lipinski definition) is 3. The molecule has 2 atom stereocenters. The van der Waals surface area contributed by atoms with Crippen LogP contribution in [-0.2, 0) is 4.79 Å². The van der Waals surface area contributed by atoms with E-state index in [1.807, 2.05) is 0 Å². The average molecular weight is 389 g/mol. The number of piperidine rings is 2. The number of likely N-dealkylation sites (tertiary alicyclic amines) is 2. The van der Waals surface area contributed by atoms with E-state index in [9.17, 15) is 9.59 Å². The summed E-state index contributed by atoms with van der Waals surface area (Å²) in [4.78, 5) is 31.9. The fourth-order valence-electron chi connectivity index (χ4n) is 6.26. The lowest BCUT2D eigenvalue weighted by Gasteiger charge is -2.50. The number of rotatable bonds is 3. The summed E-state index contributed by atoms with van der Waals surface area (Å²) in [5, 5.41) is 3.17. The number of hydrogen-bond donors (Lipinski definition) is 1. The minimum Gasteiger partial charge on any atom is -0.342 e. The minimum atomic E-state index is 0.188. The predicted octanol–water partition coefficient (Wildman–Crippen LogP) is 2.44. The molecule has 5 rings (SSSR count). The summed E-state index contributed by atoms with van der Waals surface area (Å²) in [6.45, 7) is 4.98. The Morgan fingerprint density at radius 1 is 0.821 bits per heavy atom. The molecule has 1 unspecified atom stereocenters. The standard InChI is InChI=1S/C22H36N4O2/c27-21(16-5-6-16)25-13-7-18(8-14-25)24-11-9-19(10-12-24)26-20-4-2-1-3-17(20)15-23-22(26)28/h16-20H,1-15H2,(H,23,28)/t17?,20-/m0/s1. The van der Waals surface area contributed by atoms with Crippen LogP contribution in [-0.4, -0.2) is 77.5 Å². The van der Waals surface area contributed by atoms with E-state index in [-0.39, 0.29) is 6.03 Å². The lowest BCUT2D eigenvalue weighted by Crippen LogP contribution is -2.63. The maximum absolute atomic E-state index is 12.7. The smallest absolute Gasteiger partial charge is 0.317 e. The number of carbonyl (C=O) groups excluding carboxylic acids is 2. The monoisotopic (exact) mass is 388 g/mol. The maximum Gasteiger partial charge on any atom is 0.317 e. The van der Waals surface area contributed by atoms with E-state index < -0.39 is 0 Å². The zero-order valence-electron chi connectivity index (χ0n) is 17.2. The predicted molar refractivity (Wildman–Crippen MR) is 108 cm³/mol. The quantitative estimate of drug-likeness (QED) is 0.808. The molecule has 0 bridgehead atoms. The highest BCUT2D eigenvalue weighted by molar-refractivity contribution is 5.81. The topological polar surface area (TPSA) is 55.9 Å². The van der Waals surface area contributed by atoms with Crippen LogP contribution in [0, 0.1) is 11.8 Å². The molecule has 156 valence electrons. The van der Waals surface area contributed by atoms with E-state index in [2.05, 4.69) is 20.0 Å². The van der Waals surface area contributed by atoms with Gasteiger partial charge in [0.2, 0.25) is 5.91 Å². The van der Waals surface area contributed by atoms with Crippen LogP contribution in [0.4, 0.5) is 4.79 Å². The van der Waals surface area contributed by atoms with Gasteiger partial charge in [-0.05, 0) is 57.3 Å². The number of urea groups is 1. The molecule has 28 heavy (non-hydrogen) atoms. The molecule has 3 heterocycles. The van der Waals surface area contributed by atoms with Crippen LogP contribution < -0.4 is 5.32 Å². The third-order valence-electron chi connectivity index (χ3n) is 8.09. The van der Waals surface area contributed by atoms with Gasteiger partial charge in [-0.25, -0.2) is 4.79 Å². The fraction of sp³-hybridized carbons (Fsp3) is 0.909. The van der Waals surface area contributed by atoms with Crippen LogP contribution >= 0.6 is 0 Å². The van der Waals surface area contributed by atoms with E-state index in [0.717, 1.165) is 71.2 Å². The van der Waals surface area contributed by atoms with Crippen molar-refractivity contribution >= 4 is 11.9 Å². The van der Waals surface area contributed by atoms with Gasteiger partial charge in [-0.15, -0.1) is 0 Å². The molecule has 3 saturated heterocycles. The van der Waals surface area contributed by atoms with Crippen molar-refractivity contribution in [3.05, 3.63) is 0 Å². The molecule has 0 radical (unpaired) electrons. The van der Waals surface area contributed by atoms with Gasteiger partial charge in [0.05, 0.1) is 0 Å². The fourth-order valence-corrected chi connectivity index (χ4v) is 6.26. The van der Waals surface area contributed by atoms with Crippen molar-refractivity contribution in [1.82, 2.24) is 20.0 Å². The summed E-state index contributed by atoms with van der Waals surface area (Å²) in [6, 6.07) is 1.71. The van der Waals surface area contributed by atoms with E-state index in [1.165, 1.54) is 25.7 Å². The lowest BCUT2D eigenvalue weighted by atomic mass is 9.81. The SMILES string of the molecule is O=C(C1CC1)N1CCC(N2CCC(N3C(=O)NCC4CCCC[C@@H]43)CC2)CC1. The van der Waals surface area contributed by atoms with Crippen molar-refractivity contribution < 1.29 is 9.59 Å². The first kappa shape index (κ1) is 18.7. The van der Waals surface area contributed by atoms with E-state index in [1.54, 1.807) is 0 Å². The van der Waals surface area contributed by atoms with Crippen molar-refractivity contribution in [1.29, 1.82) is 0 Å². The third kappa shape index (κ3) is 3.64. The molecule has 0 aromatic heterocycles. The molecule has 3 aliphatic heterocycles. The molecule has 0 aromatic rings. The van der Waals surface area contributed by atoms with Crippen molar-refractivity contribution in [3.63, 3.8) is 0 Å². The van der Waals surface area contributed by atoms with Gasteiger partial charge in [-0.3, -0.25) is 4.79 Å². The molecular weight excluding hydrogens is 352 g/mol. The second-order valence-corrected chi connectivity index (χ2v) is 9.80. The number of nitrogens with zero attached hydrogens (tertiary/aromatic N) is 3. The van der Waals surface area contributed by atoms with Crippen molar-refractivity contribution in [2.75, 3.05) is 32.7 Å². The summed E-state index contributed by atoms with van der Waals surface area (Å²) in [6.07, 6.45) is 11.8. The van der Waals surface area contributed by atoms with Gasteiger partial charge in [0.25, 0.3) is 0 Å². The lowest BCUT2D eigenvalue weighted by molar-refractivity contribution is -0.134. The van der Waals surface area contributed by atoms with Gasteiger partial charge < -0.3 is 20.0 Å². The van der Waals surface area contributed by atoms with Crippen LogP contribution in [0.1, 0.15) is 64.2 Å². The first-order valence-corrected chi connectivity index (χ1v) is 11.8. The maximum atomic E-state index is 12.7. The molecule has 6 nitrogen and oxygen atoms in total. The van der Waals surface area contributed by atoms with E-state index >= 15 is 0 Å². The molecule has 0 spiro atoms. The van der Waals surface area contributed by atoms with Crippen LogP contribution in [0.3, 0.4) is 0 Å². The zero-order chi connectivity index (χ0) is 19.1. The Morgan fingerprint density at radius 2 is 1.50 bits per heavy atom. The Labute approximate surface area is 169 Å². The molecule has 1 N–H and O–H groups in total. The second kappa shape index (κ2) is 7.85. The van der Waals surface area contributed by atoms with E-state index in [4.69, 9.17) is 0 Å². The number of amides is 3. The van der Waals surface area contributed by atoms with E-state index in [0.29, 0.717) is 35.9 Å². The first-order valence-electron chi connectivity index (χ1n) is 11.8. The number of fused-ring (bicyclic) bond motifs is 1. The Balaban J connectivity index is 1.13. The first-order chi connectivity index (χ1) is 13.7.